The van der Waals surface area contributed by atoms with Crippen LogP contribution in [0.1, 0.15) is 25.0 Å². The molecule has 0 aromatic heterocycles. The lowest BCUT2D eigenvalue weighted by molar-refractivity contribution is 0.235. The molecule has 2 rings (SSSR count). The minimum Gasteiger partial charge on any atom is -0.369 e. The molecule has 112 valence electrons. The molecule has 1 aliphatic heterocycles. The number of hydrogen-bond donors (Lipinski definition) is 1. The van der Waals surface area contributed by atoms with Gasteiger partial charge in [0.1, 0.15) is 0 Å². The van der Waals surface area contributed by atoms with Gasteiger partial charge in [0.05, 0.1) is 0 Å². The summed E-state index contributed by atoms with van der Waals surface area (Å²) in [5, 5.41) is 3.50. The summed E-state index contributed by atoms with van der Waals surface area (Å²) < 4.78 is 0. The lowest BCUT2D eigenvalue weighted by atomic mass is 10.1. The SMILES string of the molecule is CCNC(C)CN1CCN(c2cccc(C)c2C)CC1. The number of aryl methyl sites for hydroxylation is 1. The molecule has 1 heterocycles. The third-order valence-corrected chi connectivity index (χ3v) is 4.37. The van der Waals surface area contributed by atoms with Gasteiger partial charge in [-0.2, -0.15) is 0 Å². The molecule has 3 nitrogen and oxygen atoms in total. The Kier molecular flexibility index (Phi) is 5.44. The maximum Gasteiger partial charge on any atom is 0.0399 e. The quantitative estimate of drug-likeness (QED) is 0.890. The largest absolute Gasteiger partial charge is 0.369 e. The van der Waals surface area contributed by atoms with Crippen LogP contribution in [0.4, 0.5) is 5.69 Å². The van der Waals surface area contributed by atoms with Gasteiger partial charge in [-0.25, -0.2) is 0 Å². The van der Waals surface area contributed by atoms with E-state index in [0.717, 1.165) is 26.2 Å². The van der Waals surface area contributed by atoms with Crippen LogP contribution in [0.5, 0.6) is 0 Å². The summed E-state index contributed by atoms with van der Waals surface area (Å²) in [4.78, 5) is 5.12. The molecule has 1 aliphatic rings. The summed E-state index contributed by atoms with van der Waals surface area (Å²) in [5.41, 5.74) is 4.25. The summed E-state index contributed by atoms with van der Waals surface area (Å²) >= 11 is 0. The average Bonchev–Trinajstić information content (AvgIpc) is 2.43. The van der Waals surface area contributed by atoms with E-state index in [9.17, 15) is 0 Å². The van der Waals surface area contributed by atoms with Gasteiger partial charge < -0.3 is 10.2 Å². The Balaban J connectivity index is 1.89. The molecule has 20 heavy (non-hydrogen) atoms. The van der Waals surface area contributed by atoms with Gasteiger partial charge in [0.15, 0.2) is 0 Å². The molecule has 1 fully saturated rings. The number of nitrogens with one attached hydrogen (secondary N) is 1. The highest BCUT2D eigenvalue weighted by molar-refractivity contribution is 5.56. The van der Waals surface area contributed by atoms with Crippen LogP contribution in [0.25, 0.3) is 0 Å². The van der Waals surface area contributed by atoms with Crippen molar-refractivity contribution in [3.63, 3.8) is 0 Å². The fraction of sp³-hybridized carbons (Fsp3) is 0.647. The van der Waals surface area contributed by atoms with Crippen LogP contribution < -0.4 is 10.2 Å². The highest BCUT2D eigenvalue weighted by atomic mass is 15.3. The van der Waals surface area contributed by atoms with Crippen LogP contribution in [0, 0.1) is 13.8 Å². The lowest BCUT2D eigenvalue weighted by Crippen LogP contribution is -2.50. The number of likely N-dealkylation sites (N-methyl/N-ethyl adjacent to an activating group) is 1. The molecule has 0 spiro atoms. The van der Waals surface area contributed by atoms with Crippen molar-refractivity contribution >= 4 is 5.69 Å². The first-order valence-electron chi connectivity index (χ1n) is 7.88. The minimum atomic E-state index is 0.590. The van der Waals surface area contributed by atoms with Crippen LogP contribution in [-0.2, 0) is 0 Å². The van der Waals surface area contributed by atoms with E-state index >= 15 is 0 Å². The van der Waals surface area contributed by atoms with E-state index in [0.29, 0.717) is 6.04 Å². The van der Waals surface area contributed by atoms with Crippen LogP contribution in [0.2, 0.25) is 0 Å². The first-order chi connectivity index (χ1) is 9.61. The number of nitrogens with zero attached hydrogens (tertiary/aromatic N) is 2. The molecule has 0 amide bonds. The molecule has 1 saturated heterocycles. The van der Waals surface area contributed by atoms with Crippen molar-refractivity contribution in [3.8, 4) is 0 Å². The van der Waals surface area contributed by atoms with Gasteiger partial charge in [-0.05, 0) is 44.5 Å². The zero-order chi connectivity index (χ0) is 14.5. The first kappa shape index (κ1) is 15.3. The Morgan fingerprint density at radius 2 is 1.85 bits per heavy atom. The van der Waals surface area contributed by atoms with Gasteiger partial charge in [-0.15, -0.1) is 0 Å². The Labute approximate surface area is 124 Å². The Morgan fingerprint density at radius 1 is 1.15 bits per heavy atom. The van der Waals surface area contributed by atoms with E-state index in [1.165, 1.54) is 29.9 Å². The van der Waals surface area contributed by atoms with Crippen LogP contribution in [-0.4, -0.2) is 50.2 Å². The second-order valence-electron chi connectivity index (χ2n) is 5.97. The fourth-order valence-corrected chi connectivity index (χ4v) is 3.05. The van der Waals surface area contributed by atoms with Crippen LogP contribution in [0.3, 0.4) is 0 Å². The molecule has 1 aromatic carbocycles. The van der Waals surface area contributed by atoms with E-state index in [2.05, 4.69) is 61.0 Å². The maximum absolute atomic E-state index is 3.50. The van der Waals surface area contributed by atoms with Gasteiger partial charge in [-0.3, -0.25) is 4.90 Å². The zero-order valence-electron chi connectivity index (χ0n) is 13.4. The molecule has 3 heteroatoms. The predicted molar refractivity (Wildman–Crippen MR) is 87.7 cm³/mol. The molecule has 0 radical (unpaired) electrons. The van der Waals surface area contributed by atoms with Crippen molar-refractivity contribution in [1.29, 1.82) is 0 Å². The molecule has 1 N–H and O–H groups in total. The van der Waals surface area contributed by atoms with Gasteiger partial charge in [-0.1, -0.05) is 19.1 Å². The molecule has 0 bridgehead atoms. The molecule has 0 saturated carbocycles. The number of rotatable bonds is 5. The van der Waals surface area contributed by atoms with Gasteiger partial charge >= 0.3 is 0 Å². The van der Waals surface area contributed by atoms with Crippen molar-refractivity contribution in [2.45, 2.75) is 33.7 Å². The summed E-state index contributed by atoms with van der Waals surface area (Å²) in [5.74, 6) is 0. The average molecular weight is 275 g/mol. The van der Waals surface area contributed by atoms with E-state index in [1.54, 1.807) is 0 Å². The van der Waals surface area contributed by atoms with E-state index in [4.69, 9.17) is 0 Å². The number of piperazine rings is 1. The zero-order valence-corrected chi connectivity index (χ0v) is 13.4. The summed E-state index contributed by atoms with van der Waals surface area (Å²) in [6.07, 6.45) is 0. The molecular formula is C17H29N3. The third kappa shape index (κ3) is 3.74. The molecule has 1 atom stereocenters. The van der Waals surface area contributed by atoms with E-state index < -0.39 is 0 Å². The van der Waals surface area contributed by atoms with E-state index in [1.807, 2.05) is 0 Å². The van der Waals surface area contributed by atoms with Crippen molar-refractivity contribution in [1.82, 2.24) is 10.2 Å². The van der Waals surface area contributed by atoms with Gasteiger partial charge in [0, 0.05) is 44.5 Å². The molecular weight excluding hydrogens is 246 g/mol. The third-order valence-electron chi connectivity index (χ3n) is 4.37. The maximum atomic E-state index is 3.50. The number of anilines is 1. The first-order valence-corrected chi connectivity index (χ1v) is 7.88. The smallest absolute Gasteiger partial charge is 0.0399 e. The van der Waals surface area contributed by atoms with Crippen LogP contribution in [0.15, 0.2) is 18.2 Å². The molecule has 0 aliphatic carbocycles. The summed E-state index contributed by atoms with van der Waals surface area (Å²) in [7, 11) is 0. The summed E-state index contributed by atoms with van der Waals surface area (Å²) in [6, 6.07) is 7.23. The second-order valence-corrected chi connectivity index (χ2v) is 5.97. The highest BCUT2D eigenvalue weighted by Gasteiger charge is 2.19. The van der Waals surface area contributed by atoms with Crippen molar-refractivity contribution in [2.75, 3.05) is 44.2 Å². The number of benzene rings is 1. The van der Waals surface area contributed by atoms with Gasteiger partial charge in [0.2, 0.25) is 0 Å². The lowest BCUT2D eigenvalue weighted by Gasteiger charge is -2.38. The predicted octanol–water partition coefficient (Wildman–Crippen LogP) is 2.42. The summed E-state index contributed by atoms with van der Waals surface area (Å²) in [6.45, 7) is 15.7. The van der Waals surface area contributed by atoms with Crippen molar-refractivity contribution < 1.29 is 0 Å². The molecule has 1 unspecified atom stereocenters. The van der Waals surface area contributed by atoms with E-state index in [-0.39, 0.29) is 0 Å². The normalized spacial score (nSPS) is 18.3. The van der Waals surface area contributed by atoms with Gasteiger partial charge in [0.25, 0.3) is 0 Å². The molecule has 1 aromatic rings. The Morgan fingerprint density at radius 3 is 2.50 bits per heavy atom. The number of hydrogen-bond acceptors (Lipinski definition) is 3. The highest BCUT2D eigenvalue weighted by Crippen LogP contribution is 2.23. The van der Waals surface area contributed by atoms with Crippen LogP contribution >= 0.6 is 0 Å². The Hall–Kier alpha value is -1.06. The monoisotopic (exact) mass is 275 g/mol. The minimum absolute atomic E-state index is 0.590. The van der Waals surface area contributed by atoms with Crippen molar-refractivity contribution in [3.05, 3.63) is 29.3 Å². The van der Waals surface area contributed by atoms with Crippen molar-refractivity contribution in [2.24, 2.45) is 0 Å². The standard InChI is InChI=1S/C17H29N3/c1-5-18-15(3)13-19-9-11-20(12-10-19)17-8-6-7-14(2)16(17)4/h6-8,15,18H,5,9-13H2,1-4H3. The second kappa shape index (κ2) is 7.09. The topological polar surface area (TPSA) is 18.5 Å². The Bertz CT molecular complexity index is 422. The fourth-order valence-electron chi connectivity index (χ4n) is 3.05.